The zero-order chi connectivity index (χ0) is 23.6. The van der Waals surface area contributed by atoms with Gasteiger partial charge in [0, 0.05) is 16.5 Å². The first kappa shape index (κ1) is 20.1. The maximum Gasteiger partial charge on any atom is 0.137 e. The van der Waals surface area contributed by atoms with Crippen molar-refractivity contribution in [2.45, 2.75) is 19.3 Å². The molecule has 1 aliphatic rings. The van der Waals surface area contributed by atoms with E-state index in [-0.39, 0.29) is 5.41 Å². The van der Waals surface area contributed by atoms with Crippen molar-refractivity contribution in [2.24, 2.45) is 0 Å². The molecule has 1 heterocycles. The van der Waals surface area contributed by atoms with Gasteiger partial charge in [-0.25, -0.2) is 0 Å². The lowest BCUT2D eigenvalue weighted by molar-refractivity contribution is 0.661. The van der Waals surface area contributed by atoms with Crippen LogP contribution in [0.15, 0.2) is 114 Å². The standard InChI is InChI=1S/C33H25NO/c1-33(2)27-19-22(21-9-4-3-5-10-21)15-17-24(27)25-18-16-23(20-28(25)33)34-29-12-8-14-31-32(29)26-11-6-7-13-30(26)35-31/h3-20,34H,1-2H3. The number of hydrogen-bond acceptors (Lipinski definition) is 2. The predicted molar refractivity (Wildman–Crippen MR) is 146 cm³/mol. The molecule has 7 rings (SSSR count). The third-order valence-electron chi connectivity index (χ3n) is 7.46. The summed E-state index contributed by atoms with van der Waals surface area (Å²) in [6.45, 7) is 4.67. The van der Waals surface area contributed by atoms with Crippen LogP contribution in [-0.4, -0.2) is 0 Å². The molecule has 0 atom stereocenters. The summed E-state index contributed by atoms with van der Waals surface area (Å²) in [4.78, 5) is 0. The Morgan fingerprint density at radius 3 is 2.17 bits per heavy atom. The van der Waals surface area contributed by atoms with Crippen molar-refractivity contribution in [1.29, 1.82) is 0 Å². The van der Waals surface area contributed by atoms with Crippen molar-refractivity contribution >= 4 is 33.3 Å². The average molecular weight is 452 g/mol. The molecule has 35 heavy (non-hydrogen) atoms. The van der Waals surface area contributed by atoms with Crippen LogP contribution >= 0.6 is 0 Å². The van der Waals surface area contributed by atoms with Crippen molar-refractivity contribution in [1.82, 2.24) is 0 Å². The number of furan rings is 1. The second-order valence-electron chi connectivity index (χ2n) is 9.91. The molecule has 2 nitrogen and oxygen atoms in total. The lowest BCUT2D eigenvalue weighted by Gasteiger charge is -2.23. The molecule has 0 fully saturated rings. The molecule has 1 aromatic heterocycles. The molecule has 0 spiro atoms. The van der Waals surface area contributed by atoms with Crippen LogP contribution in [0.5, 0.6) is 0 Å². The third kappa shape index (κ3) is 3.03. The first-order valence-electron chi connectivity index (χ1n) is 12.1. The number of benzene rings is 5. The van der Waals surface area contributed by atoms with E-state index in [1.165, 1.54) is 33.4 Å². The van der Waals surface area contributed by atoms with Crippen LogP contribution in [0.2, 0.25) is 0 Å². The molecule has 0 saturated heterocycles. The Bertz CT molecular complexity index is 1740. The van der Waals surface area contributed by atoms with Gasteiger partial charge < -0.3 is 9.73 Å². The summed E-state index contributed by atoms with van der Waals surface area (Å²) in [5.41, 5.74) is 11.8. The van der Waals surface area contributed by atoms with Gasteiger partial charge in [0.2, 0.25) is 0 Å². The summed E-state index contributed by atoms with van der Waals surface area (Å²) < 4.78 is 6.09. The molecule has 1 N–H and O–H groups in total. The molecular weight excluding hydrogens is 426 g/mol. The zero-order valence-electron chi connectivity index (χ0n) is 19.8. The van der Waals surface area contributed by atoms with Gasteiger partial charge in [-0.3, -0.25) is 0 Å². The van der Waals surface area contributed by atoms with Gasteiger partial charge in [0.05, 0.1) is 11.1 Å². The summed E-state index contributed by atoms with van der Waals surface area (Å²) in [5.74, 6) is 0. The Morgan fingerprint density at radius 2 is 1.31 bits per heavy atom. The van der Waals surface area contributed by atoms with Crippen molar-refractivity contribution in [3.8, 4) is 22.3 Å². The SMILES string of the molecule is CC1(C)c2cc(Nc3cccc4oc5ccccc5c34)ccc2-c2ccc(-c3ccccc3)cc21. The predicted octanol–water partition coefficient (Wildman–Crippen LogP) is 9.30. The van der Waals surface area contributed by atoms with Crippen LogP contribution in [0.1, 0.15) is 25.0 Å². The number of anilines is 2. The maximum absolute atomic E-state index is 6.09. The van der Waals surface area contributed by atoms with Gasteiger partial charge in [0.1, 0.15) is 11.2 Å². The fourth-order valence-corrected chi connectivity index (χ4v) is 5.66. The minimum Gasteiger partial charge on any atom is -0.456 e. The highest BCUT2D eigenvalue weighted by Crippen LogP contribution is 2.50. The maximum atomic E-state index is 6.09. The highest BCUT2D eigenvalue weighted by atomic mass is 16.3. The lowest BCUT2D eigenvalue weighted by Crippen LogP contribution is -2.15. The minimum absolute atomic E-state index is 0.0819. The summed E-state index contributed by atoms with van der Waals surface area (Å²) in [5, 5.41) is 5.95. The summed E-state index contributed by atoms with van der Waals surface area (Å²) in [6, 6.07) is 38.7. The van der Waals surface area contributed by atoms with E-state index in [0.717, 1.165) is 33.3 Å². The molecule has 1 aliphatic carbocycles. The molecule has 0 unspecified atom stereocenters. The average Bonchev–Trinajstić information content (AvgIpc) is 3.38. The lowest BCUT2D eigenvalue weighted by atomic mass is 9.81. The van der Waals surface area contributed by atoms with Gasteiger partial charge in [-0.1, -0.05) is 86.6 Å². The van der Waals surface area contributed by atoms with E-state index in [1.54, 1.807) is 0 Å². The fraction of sp³-hybridized carbons (Fsp3) is 0.0909. The number of para-hydroxylation sites is 1. The number of rotatable bonds is 3. The second-order valence-corrected chi connectivity index (χ2v) is 9.91. The Morgan fingerprint density at radius 1 is 0.600 bits per heavy atom. The van der Waals surface area contributed by atoms with Crippen LogP contribution in [0, 0.1) is 0 Å². The van der Waals surface area contributed by atoms with Gasteiger partial charge in [-0.15, -0.1) is 0 Å². The molecular formula is C33H25NO. The van der Waals surface area contributed by atoms with E-state index in [1.807, 2.05) is 24.3 Å². The molecule has 0 amide bonds. The topological polar surface area (TPSA) is 25.2 Å². The molecule has 5 aromatic carbocycles. The van der Waals surface area contributed by atoms with Crippen LogP contribution in [-0.2, 0) is 5.41 Å². The molecule has 0 radical (unpaired) electrons. The van der Waals surface area contributed by atoms with Crippen LogP contribution < -0.4 is 5.32 Å². The summed E-state index contributed by atoms with van der Waals surface area (Å²) in [7, 11) is 0. The van der Waals surface area contributed by atoms with Crippen LogP contribution in [0.4, 0.5) is 11.4 Å². The Balaban J connectivity index is 1.31. The van der Waals surface area contributed by atoms with E-state index in [2.05, 4.69) is 104 Å². The Labute approximate surface area is 204 Å². The van der Waals surface area contributed by atoms with Gasteiger partial charge in [-0.05, 0) is 69.8 Å². The monoisotopic (exact) mass is 451 g/mol. The fourth-order valence-electron chi connectivity index (χ4n) is 5.66. The van der Waals surface area contributed by atoms with Gasteiger partial charge in [0.25, 0.3) is 0 Å². The van der Waals surface area contributed by atoms with Crippen LogP contribution in [0.25, 0.3) is 44.2 Å². The second kappa shape index (κ2) is 7.35. The highest BCUT2D eigenvalue weighted by molar-refractivity contribution is 6.12. The van der Waals surface area contributed by atoms with Crippen molar-refractivity contribution in [3.63, 3.8) is 0 Å². The number of hydrogen-bond donors (Lipinski definition) is 1. The van der Waals surface area contributed by atoms with Gasteiger partial charge >= 0.3 is 0 Å². The largest absolute Gasteiger partial charge is 0.456 e. The molecule has 0 bridgehead atoms. The molecule has 2 heteroatoms. The number of fused-ring (bicyclic) bond motifs is 6. The van der Waals surface area contributed by atoms with Crippen molar-refractivity contribution in [3.05, 3.63) is 120 Å². The smallest absolute Gasteiger partial charge is 0.137 e. The number of nitrogens with one attached hydrogen (secondary N) is 1. The molecule has 168 valence electrons. The molecule has 6 aromatic rings. The zero-order valence-corrected chi connectivity index (χ0v) is 19.8. The summed E-state index contributed by atoms with van der Waals surface area (Å²) in [6.07, 6.45) is 0. The van der Waals surface area contributed by atoms with E-state index >= 15 is 0 Å². The van der Waals surface area contributed by atoms with E-state index in [4.69, 9.17) is 4.42 Å². The van der Waals surface area contributed by atoms with Crippen molar-refractivity contribution < 1.29 is 4.42 Å². The third-order valence-corrected chi connectivity index (χ3v) is 7.46. The molecule has 0 saturated carbocycles. The summed E-state index contributed by atoms with van der Waals surface area (Å²) >= 11 is 0. The van der Waals surface area contributed by atoms with E-state index < -0.39 is 0 Å². The van der Waals surface area contributed by atoms with E-state index in [9.17, 15) is 0 Å². The molecule has 0 aliphatic heterocycles. The van der Waals surface area contributed by atoms with Gasteiger partial charge in [0.15, 0.2) is 0 Å². The normalized spacial score (nSPS) is 13.7. The van der Waals surface area contributed by atoms with Crippen LogP contribution in [0.3, 0.4) is 0 Å². The Kier molecular flexibility index (Phi) is 4.22. The van der Waals surface area contributed by atoms with E-state index in [0.29, 0.717) is 0 Å². The minimum atomic E-state index is -0.0819. The first-order chi connectivity index (χ1) is 17.1. The first-order valence-corrected chi connectivity index (χ1v) is 12.1. The van der Waals surface area contributed by atoms with Gasteiger partial charge in [-0.2, -0.15) is 0 Å². The quantitative estimate of drug-likeness (QED) is 0.290. The Hall–Kier alpha value is -4.30. The highest BCUT2D eigenvalue weighted by Gasteiger charge is 2.35. The van der Waals surface area contributed by atoms with Crippen molar-refractivity contribution in [2.75, 3.05) is 5.32 Å².